The largest absolute Gasteiger partial charge is 0.493 e. The Balaban J connectivity index is 2.33. The molecule has 0 aliphatic rings. The van der Waals surface area contributed by atoms with Crippen LogP contribution in [0.15, 0.2) is 36.4 Å². The summed E-state index contributed by atoms with van der Waals surface area (Å²) in [5.41, 5.74) is 0.121. The molecule has 2 aromatic rings. The van der Waals surface area contributed by atoms with Crippen LogP contribution < -0.4 is 10.1 Å². The van der Waals surface area contributed by atoms with Crippen molar-refractivity contribution in [1.82, 2.24) is 4.90 Å². The van der Waals surface area contributed by atoms with E-state index in [0.717, 1.165) is 30.7 Å². The Morgan fingerprint density at radius 2 is 1.93 bits per heavy atom. The van der Waals surface area contributed by atoms with Crippen LogP contribution in [-0.4, -0.2) is 38.1 Å². The molecule has 0 fully saturated rings. The van der Waals surface area contributed by atoms with Crippen LogP contribution in [-0.2, 0) is 12.6 Å². The van der Waals surface area contributed by atoms with E-state index in [2.05, 4.69) is 5.32 Å². The van der Waals surface area contributed by atoms with E-state index >= 15 is 0 Å². The number of alkyl halides is 3. The fourth-order valence-electron chi connectivity index (χ4n) is 2.92. The number of hydrogen-bond acceptors (Lipinski definition) is 3. The minimum atomic E-state index is -4.61. The molecule has 0 aromatic heterocycles. The number of hydrogen-bond donors (Lipinski definition) is 1. The minimum absolute atomic E-state index is 0.0114. The van der Waals surface area contributed by atoms with Crippen molar-refractivity contribution in [2.75, 3.05) is 32.6 Å². The van der Waals surface area contributed by atoms with E-state index in [-0.39, 0.29) is 5.69 Å². The van der Waals surface area contributed by atoms with Gasteiger partial charge in [-0.05, 0) is 70.2 Å². The van der Waals surface area contributed by atoms with Gasteiger partial charge in [0.2, 0.25) is 0 Å². The van der Waals surface area contributed by atoms with Crippen molar-refractivity contribution in [2.24, 2.45) is 0 Å². The molecule has 158 valence electrons. The Hall–Kier alpha value is -2.25. The maximum absolute atomic E-state index is 13.1. The Kier molecular flexibility index (Phi) is 7.93. The Morgan fingerprint density at radius 1 is 1.21 bits per heavy atom. The van der Waals surface area contributed by atoms with Crippen LogP contribution in [0.25, 0.3) is 0 Å². The minimum Gasteiger partial charge on any atom is -0.493 e. The first-order chi connectivity index (χ1) is 13.6. The Labute approximate surface area is 173 Å². The predicted molar refractivity (Wildman–Crippen MR) is 109 cm³/mol. The molecule has 8 heteroatoms. The molecule has 0 saturated carbocycles. The zero-order valence-electron chi connectivity index (χ0n) is 16.6. The lowest BCUT2D eigenvalue weighted by molar-refractivity contribution is -0.137. The summed E-state index contributed by atoms with van der Waals surface area (Å²) < 4.78 is 44.9. The normalized spacial score (nSPS) is 11.6. The van der Waals surface area contributed by atoms with E-state index in [1.54, 1.807) is 19.1 Å². The van der Waals surface area contributed by atoms with Crippen molar-refractivity contribution in [2.45, 2.75) is 25.9 Å². The second-order valence-corrected chi connectivity index (χ2v) is 7.18. The molecule has 0 atom stereocenters. The summed E-state index contributed by atoms with van der Waals surface area (Å²) >= 11 is 5.65. The fourth-order valence-corrected chi connectivity index (χ4v) is 3.14. The van der Waals surface area contributed by atoms with Gasteiger partial charge in [0.25, 0.3) is 5.91 Å². The molecule has 0 heterocycles. The molecular weight excluding hydrogens is 405 g/mol. The average molecular weight is 429 g/mol. The van der Waals surface area contributed by atoms with Gasteiger partial charge in [0, 0.05) is 5.69 Å². The lowest BCUT2D eigenvalue weighted by Crippen LogP contribution is -2.18. The molecule has 1 amide bonds. The van der Waals surface area contributed by atoms with Crippen molar-refractivity contribution in [3.05, 3.63) is 58.1 Å². The van der Waals surface area contributed by atoms with Crippen LogP contribution in [0.5, 0.6) is 5.75 Å². The fraction of sp³-hybridized carbons (Fsp3) is 0.381. The maximum atomic E-state index is 13.1. The molecule has 2 aromatic carbocycles. The number of benzene rings is 2. The van der Waals surface area contributed by atoms with Crippen LogP contribution in [0.3, 0.4) is 0 Å². The SMILES string of the molecule is CCOc1cccc(CCCN(C)C)c1C(=O)Nc1ccc(Cl)c(C(F)(F)F)c1. The monoisotopic (exact) mass is 428 g/mol. The number of halogens is 4. The summed E-state index contributed by atoms with van der Waals surface area (Å²) in [6.07, 6.45) is -3.16. The highest BCUT2D eigenvalue weighted by atomic mass is 35.5. The van der Waals surface area contributed by atoms with E-state index in [9.17, 15) is 18.0 Å². The number of nitrogens with one attached hydrogen (secondary N) is 1. The molecular formula is C21H24ClF3N2O2. The second kappa shape index (κ2) is 9.98. The van der Waals surface area contributed by atoms with Gasteiger partial charge in [-0.15, -0.1) is 0 Å². The van der Waals surface area contributed by atoms with Crippen molar-refractivity contribution in [3.63, 3.8) is 0 Å². The lowest BCUT2D eigenvalue weighted by atomic mass is 10.0. The molecule has 4 nitrogen and oxygen atoms in total. The highest BCUT2D eigenvalue weighted by Crippen LogP contribution is 2.36. The average Bonchev–Trinajstić information content (AvgIpc) is 2.62. The number of nitrogens with zero attached hydrogens (tertiary/aromatic N) is 1. The number of carbonyl (C=O) groups is 1. The highest BCUT2D eigenvalue weighted by molar-refractivity contribution is 6.31. The quantitative estimate of drug-likeness (QED) is 0.603. The number of amides is 1. The molecule has 0 bridgehead atoms. The van der Waals surface area contributed by atoms with Gasteiger partial charge >= 0.3 is 6.18 Å². The summed E-state index contributed by atoms with van der Waals surface area (Å²) in [4.78, 5) is 15.0. The molecule has 29 heavy (non-hydrogen) atoms. The zero-order valence-corrected chi connectivity index (χ0v) is 17.3. The number of ether oxygens (including phenoxy) is 1. The van der Waals surface area contributed by atoms with E-state index in [1.165, 1.54) is 6.07 Å². The maximum Gasteiger partial charge on any atom is 0.417 e. The van der Waals surface area contributed by atoms with Gasteiger partial charge in [-0.3, -0.25) is 4.79 Å². The second-order valence-electron chi connectivity index (χ2n) is 6.78. The standard InChI is InChI=1S/C21H24ClF3N2O2/c1-4-29-18-9-5-7-14(8-6-12-27(2)3)19(18)20(28)26-15-10-11-17(22)16(13-15)21(23,24)25/h5,7,9-11,13H,4,6,8,12H2,1-3H3,(H,26,28). The third-order valence-electron chi connectivity index (χ3n) is 4.22. The van der Waals surface area contributed by atoms with Gasteiger partial charge in [0.15, 0.2) is 0 Å². The molecule has 0 unspecified atom stereocenters. The van der Waals surface area contributed by atoms with Crippen molar-refractivity contribution >= 4 is 23.2 Å². The summed E-state index contributed by atoms with van der Waals surface area (Å²) in [7, 11) is 3.92. The van der Waals surface area contributed by atoms with Crippen molar-refractivity contribution in [1.29, 1.82) is 0 Å². The first-order valence-corrected chi connectivity index (χ1v) is 9.58. The smallest absolute Gasteiger partial charge is 0.417 e. The predicted octanol–water partition coefficient (Wildman–Crippen LogP) is 5.50. The molecule has 0 aliphatic heterocycles. The van der Waals surface area contributed by atoms with Crippen LogP contribution >= 0.6 is 11.6 Å². The van der Waals surface area contributed by atoms with E-state index < -0.39 is 22.7 Å². The van der Waals surface area contributed by atoms with Gasteiger partial charge in [-0.1, -0.05) is 23.7 Å². The van der Waals surface area contributed by atoms with Crippen molar-refractivity contribution < 1.29 is 22.7 Å². The molecule has 2 rings (SSSR count). The third-order valence-corrected chi connectivity index (χ3v) is 4.55. The Morgan fingerprint density at radius 3 is 2.55 bits per heavy atom. The van der Waals surface area contributed by atoms with E-state index in [0.29, 0.717) is 24.3 Å². The van der Waals surface area contributed by atoms with E-state index in [1.807, 2.05) is 25.1 Å². The highest BCUT2D eigenvalue weighted by Gasteiger charge is 2.33. The first kappa shape index (κ1) is 23.0. The van der Waals surface area contributed by atoms with Gasteiger partial charge in [-0.25, -0.2) is 0 Å². The van der Waals surface area contributed by atoms with Crippen molar-refractivity contribution in [3.8, 4) is 5.75 Å². The number of rotatable bonds is 8. The zero-order chi connectivity index (χ0) is 21.6. The van der Waals surface area contributed by atoms with Gasteiger partial charge < -0.3 is 15.0 Å². The summed E-state index contributed by atoms with van der Waals surface area (Å²) in [5, 5.41) is 2.13. The van der Waals surface area contributed by atoms with Gasteiger partial charge in [0.05, 0.1) is 22.8 Å². The topological polar surface area (TPSA) is 41.6 Å². The summed E-state index contributed by atoms with van der Waals surface area (Å²) in [6, 6.07) is 8.59. The molecule has 0 spiro atoms. The van der Waals surface area contributed by atoms with Crippen LogP contribution in [0.4, 0.5) is 18.9 Å². The number of anilines is 1. The van der Waals surface area contributed by atoms with Crippen LogP contribution in [0.2, 0.25) is 5.02 Å². The molecule has 1 N–H and O–H groups in total. The van der Waals surface area contributed by atoms with Gasteiger partial charge in [-0.2, -0.15) is 13.2 Å². The number of carbonyl (C=O) groups excluding carboxylic acids is 1. The number of aryl methyl sites for hydroxylation is 1. The molecule has 0 saturated heterocycles. The van der Waals surface area contributed by atoms with Gasteiger partial charge in [0.1, 0.15) is 5.75 Å². The lowest BCUT2D eigenvalue weighted by Gasteiger charge is -2.17. The van der Waals surface area contributed by atoms with E-state index in [4.69, 9.17) is 16.3 Å². The molecule has 0 radical (unpaired) electrons. The van der Waals surface area contributed by atoms with Crippen LogP contribution in [0, 0.1) is 0 Å². The summed E-state index contributed by atoms with van der Waals surface area (Å²) in [5.74, 6) is -0.123. The molecule has 0 aliphatic carbocycles. The summed E-state index contributed by atoms with van der Waals surface area (Å²) in [6.45, 7) is 3.00. The Bertz CT molecular complexity index is 854. The third kappa shape index (κ3) is 6.37. The van der Waals surface area contributed by atoms with Crippen LogP contribution in [0.1, 0.15) is 34.8 Å². The first-order valence-electron chi connectivity index (χ1n) is 9.21.